The number of nitrogens with one attached hydrogen (secondary N) is 1. The van der Waals surface area contributed by atoms with Crippen LogP contribution < -0.4 is 15.8 Å². The standard InChI is InChI=1S/C33H38ClF2N3O2/c1-23-29(32(41)37-16-19-38-18-15-33(35,36)22-38)13-10-25-14-17-39(21-30(23)25)20-24-4-2-3-5-26(7-6-24)31(40)27-8-11-28(34)12-9-27/h5,8-11,13,17,21,24,28H,2-4,6-7,12,15-16,18-20,22H2,1H3,(H,37,41)/b26-5-. The molecule has 2 heterocycles. The van der Waals surface area contributed by atoms with Crippen molar-refractivity contribution in [1.29, 1.82) is 0 Å². The van der Waals surface area contributed by atoms with Gasteiger partial charge in [-0.05, 0) is 74.6 Å². The van der Waals surface area contributed by atoms with Gasteiger partial charge in [-0.2, -0.15) is 0 Å². The van der Waals surface area contributed by atoms with Gasteiger partial charge >= 0.3 is 0 Å². The van der Waals surface area contributed by atoms with E-state index in [0.29, 0.717) is 37.5 Å². The zero-order valence-corrected chi connectivity index (χ0v) is 24.4. The fourth-order valence-corrected chi connectivity index (χ4v) is 6.23. The van der Waals surface area contributed by atoms with Crippen LogP contribution in [0.25, 0.3) is 11.9 Å². The van der Waals surface area contributed by atoms with Gasteiger partial charge in [-0.3, -0.25) is 14.5 Å². The highest BCUT2D eigenvalue weighted by molar-refractivity contribution is 6.22. The van der Waals surface area contributed by atoms with Crippen molar-refractivity contribution in [2.24, 2.45) is 5.92 Å². The first kappa shape index (κ1) is 29.5. The van der Waals surface area contributed by atoms with Crippen LogP contribution in [0.15, 0.2) is 53.8 Å². The summed E-state index contributed by atoms with van der Waals surface area (Å²) in [6.07, 6.45) is 17.2. The number of amides is 1. The number of allylic oxidation sites excluding steroid dienone is 6. The van der Waals surface area contributed by atoms with Crippen LogP contribution in [-0.4, -0.2) is 65.5 Å². The van der Waals surface area contributed by atoms with Crippen molar-refractivity contribution < 1.29 is 18.4 Å². The number of ketones is 1. The lowest BCUT2D eigenvalue weighted by atomic mass is 9.87. The van der Waals surface area contributed by atoms with E-state index in [1.807, 2.05) is 43.5 Å². The molecule has 0 spiro atoms. The molecule has 1 saturated heterocycles. The fraction of sp³-hybridized carbons (Fsp3) is 0.485. The Labute approximate surface area is 245 Å². The fourth-order valence-electron chi connectivity index (χ4n) is 6.07. The molecule has 2 aliphatic carbocycles. The number of carbonyl (C=O) groups is 2. The topological polar surface area (TPSA) is 52.7 Å². The summed E-state index contributed by atoms with van der Waals surface area (Å²) in [5.74, 6) is -2.28. The molecule has 0 bridgehead atoms. The summed E-state index contributed by atoms with van der Waals surface area (Å²) in [5.41, 5.74) is 6.48. The van der Waals surface area contributed by atoms with Gasteiger partial charge in [0.15, 0.2) is 5.78 Å². The van der Waals surface area contributed by atoms with Crippen LogP contribution in [0.1, 0.15) is 60.9 Å². The molecule has 1 aromatic rings. The maximum Gasteiger partial charge on any atom is 0.261 e. The summed E-state index contributed by atoms with van der Waals surface area (Å²) in [6, 6.07) is 3.71. The quantitative estimate of drug-likeness (QED) is 0.457. The Hall–Kier alpha value is -2.99. The number of hydrogen-bond acceptors (Lipinski definition) is 4. The Morgan fingerprint density at radius 1 is 1.22 bits per heavy atom. The zero-order chi connectivity index (χ0) is 29.0. The molecule has 0 saturated carbocycles. The second-order valence-corrected chi connectivity index (χ2v) is 12.2. The number of likely N-dealkylation sites (tertiary alicyclic amines) is 1. The molecule has 1 aromatic carbocycles. The van der Waals surface area contributed by atoms with Gasteiger partial charge in [-0.15, -0.1) is 11.6 Å². The number of fused-ring (bicyclic) bond motifs is 1. The highest BCUT2D eigenvalue weighted by Crippen LogP contribution is 2.28. The van der Waals surface area contributed by atoms with E-state index in [1.54, 1.807) is 4.90 Å². The van der Waals surface area contributed by atoms with E-state index in [0.717, 1.165) is 65.8 Å². The second kappa shape index (κ2) is 12.9. The minimum atomic E-state index is -2.63. The first-order valence-corrected chi connectivity index (χ1v) is 15.1. The Morgan fingerprint density at radius 3 is 2.83 bits per heavy atom. The molecule has 0 aromatic heterocycles. The van der Waals surface area contributed by atoms with Crippen molar-refractivity contribution in [2.45, 2.75) is 63.2 Å². The van der Waals surface area contributed by atoms with E-state index in [4.69, 9.17) is 11.6 Å². The molecule has 218 valence electrons. The zero-order valence-electron chi connectivity index (χ0n) is 23.6. The third-order valence-corrected chi connectivity index (χ3v) is 8.83. The van der Waals surface area contributed by atoms with Crippen LogP contribution >= 0.6 is 11.6 Å². The summed E-state index contributed by atoms with van der Waals surface area (Å²) in [4.78, 5) is 29.9. The first-order chi connectivity index (χ1) is 19.7. The van der Waals surface area contributed by atoms with Crippen molar-refractivity contribution in [1.82, 2.24) is 15.1 Å². The summed E-state index contributed by atoms with van der Waals surface area (Å²) in [5, 5.41) is 4.77. The predicted molar refractivity (Wildman–Crippen MR) is 159 cm³/mol. The average molecular weight is 582 g/mol. The molecular formula is C33H38ClF2N3O2. The maximum atomic E-state index is 13.4. The number of rotatable bonds is 8. The Kier molecular flexibility index (Phi) is 9.28. The number of benzene rings is 1. The Bertz CT molecular complexity index is 1440. The molecule has 1 fully saturated rings. The lowest BCUT2D eigenvalue weighted by Crippen LogP contribution is -2.38. The molecule has 1 amide bonds. The minimum Gasteiger partial charge on any atom is -0.351 e. The van der Waals surface area contributed by atoms with Gasteiger partial charge in [0.2, 0.25) is 0 Å². The number of nitrogens with zero attached hydrogens (tertiary/aromatic N) is 2. The first-order valence-electron chi connectivity index (χ1n) is 14.7. The van der Waals surface area contributed by atoms with Crippen molar-refractivity contribution in [3.63, 3.8) is 0 Å². The lowest BCUT2D eigenvalue weighted by molar-refractivity contribution is -0.112. The number of halogens is 3. The van der Waals surface area contributed by atoms with E-state index in [2.05, 4.69) is 28.2 Å². The normalized spacial score (nSPS) is 25.1. The maximum absolute atomic E-state index is 13.4. The van der Waals surface area contributed by atoms with Gasteiger partial charge in [0, 0.05) is 66.6 Å². The summed E-state index contributed by atoms with van der Waals surface area (Å²) in [6.45, 7) is 3.61. The Morgan fingerprint density at radius 2 is 2.07 bits per heavy atom. The molecule has 2 atom stereocenters. The molecule has 2 aliphatic heterocycles. The third-order valence-electron chi connectivity index (χ3n) is 8.50. The van der Waals surface area contributed by atoms with E-state index in [-0.39, 0.29) is 30.0 Å². The number of Topliss-reactive ketones (excluding diaryl/α,β-unsaturated/α-hetero) is 1. The largest absolute Gasteiger partial charge is 0.351 e. The second-order valence-electron chi connectivity index (χ2n) is 11.6. The molecule has 0 radical (unpaired) electrons. The Balaban J connectivity index is 1.20. The molecule has 2 unspecified atom stereocenters. The SMILES string of the molecule is Cc1c(C(=O)NCCN2CCC(F)(F)C2)ccc2c1=CN(CC1CCC/C=C(\C(=O)C3=CCC(Cl)C=C3)CC1)C=C=2. The van der Waals surface area contributed by atoms with Gasteiger partial charge in [-0.1, -0.05) is 30.0 Å². The van der Waals surface area contributed by atoms with Crippen LogP contribution in [0.4, 0.5) is 8.78 Å². The van der Waals surface area contributed by atoms with Gasteiger partial charge in [0.05, 0.1) is 11.9 Å². The van der Waals surface area contributed by atoms with Crippen molar-refractivity contribution in [2.75, 3.05) is 32.7 Å². The van der Waals surface area contributed by atoms with E-state index in [9.17, 15) is 18.4 Å². The van der Waals surface area contributed by atoms with E-state index < -0.39 is 5.92 Å². The third kappa shape index (κ3) is 7.45. The molecule has 41 heavy (non-hydrogen) atoms. The van der Waals surface area contributed by atoms with E-state index >= 15 is 0 Å². The predicted octanol–water partition coefficient (Wildman–Crippen LogP) is 4.58. The van der Waals surface area contributed by atoms with Crippen LogP contribution in [-0.2, 0) is 4.79 Å². The summed E-state index contributed by atoms with van der Waals surface area (Å²) >= 11 is 6.13. The molecular weight excluding hydrogens is 544 g/mol. The van der Waals surface area contributed by atoms with Gasteiger partial charge in [-0.25, -0.2) is 8.78 Å². The monoisotopic (exact) mass is 581 g/mol. The lowest BCUT2D eigenvalue weighted by Gasteiger charge is -2.26. The highest BCUT2D eigenvalue weighted by Gasteiger charge is 2.37. The van der Waals surface area contributed by atoms with Gasteiger partial charge in [0.25, 0.3) is 11.8 Å². The molecule has 8 heteroatoms. The number of hydrogen-bond donors (Lipinski definition) is 1. The number of alkyl halides is 3. The van der Waals surface area contributed by atoms with Crippen molar-refractivity contribution in [3.05, 3.63) is 75.3 Å². The minimum absolute atomic E-state index is 0.0368. The van der Waals surface area contributed by atoms with Crippen LogP contribution in [0.3, 0.4) is 0 Å². The number of carbonyl (C=O) groups excluding carboxylic acids is 2. The highest BCUT2D eigenvalue weighted by atomic mass is 35.5. The molecule has 4 aliphatic rings. The summed E-state index contributed by atoms with van der Waals surface area (Å²) < 4.78 is 26.9. The van der Waals surface area contributed by atoms with Gasteiger partial charge in [0.1, 0.15) is 0 Å². The van der Waals surface area contributed by atoms with Crippen LogP contribution in [0, 0.1) is 12.8 Å². The van der Waals surface area contributed by atoms with Crippen LogP contribution in [0.2, 0.25) is 0 Å². The van der Waals surface area contributed by atoms with Gasteiger partial charge < -0.3 is 10.2 Å². The van der Waals surface area contributed by atoms with Crippen molar-refractivity contribution >= 4 is 35.2 Å². The summed E-state index contributed by atoms with van der Waals surface area (Å²) in [7, 11) is 0. The molecule has 1 N–H and O–H groups in total. The van der Waals surface area contributed by atoms with Crippen LogP contribution in [0.5, 0.6) is 0 Å². The molecule has 5 nitrogen and oxygen atoms in total. The smallest absolute Gasteiger partial charge is 0.261 e. The van der Waals surface area contributed by atoms with Crippen molar-refractivity contribution in [3.8, 4) is 0 Å². The average Bonchev–Trinajstić information content (AvgIpc) is 3.29. The molecule has 5 rings (SSSR count). The van der Waals surface area contributed by atoms with E-state index in [1.165, 1.54) is 0 Å².